The summed E-state index contributed by atoms with van der Waals surface area (Å²) in [4.78, 5) is 19.6. The smallest absolute Gasteiger partial charge is 0.237 e. The first-order valence-corrected chi connectivity index (χ1v) is 9.06. The van der Waals surface area contributed by atoms with Crippen LogP contribution < -0.4 is 14.8 Å². The molecule has 6 nitrogen and oxygen atoms in total. The normalized spacial score (nSPS) is 15.9. The van der Waals surface area contributed by atoms with E-state index in [1.807, 2.05) is 32.9 Å². The van der Waals surface area contributed by atoms with Crippen molar-refractivity contribution in [3.8, 4) is 17.4 Å². The van der Waals surface area contributed by atoms with Crippen LogP contribution in [0.15, 0.2) is 30.6 Å². The Hall–Kier alpha value is -2.60. The first kappa shape index (κ1) is 19.2. The molecule has 27 heavy (non-hydrogen) atoms. The summed E-state index contributed by atoms with van der Waals surface area (Å²) < 4.78 is 11.7. The van der Waals surface area contributed by atoms with Gasteiger partial charge in [0.05, 0.1) is 23.1 Å². The number of hydrogen-bond acceptors (Lipinski definition) is 5. The lowest BCUT2D eigenvalue weighted by Gasteiger charge is -2.16. The van der Waals surface area contributed by atoms with Crippen molar-refractivity contribution >= 4 is 23.6 Å². The zero-order chi connectivity index (χ0) is 19.6. The monoisotopic (exact) mass is 387 g/mol. The first-order chi connectivity index (χ1) is 12.7. The van der Waals surface area contributed by atoms with E-state index in [1.165, 1.54) is 13.1 Å². The van der Waals surface area contributed by atoms with Gasteiger partial charge in [0.15, 0.2) is 0 Å². The molecule has 0 radical (unpaired) electrons. The number of carbonyl (C=O) groups excluding carboxylic acids is 1. The van der Waals surface area contributed by atoms with Crippen LogP contribution >= 0.6 is 11.6 Å². The van der Waals surface area contributed by atoms with E-state index < -0.39 is 0 Å². The van der Waals surface area contributed by atoms with Gasteiger partial charge in [0.25, 0.3) is 0 Å². The number of hydrogen-bond donors (Lipinski definition) is 1. The maximum Gasteiger partial charge on any atom is 0.237 e. The highest BCUT2D eigenvalue weighted by Crippen LogP contribution is 2.41. The van der Waals surface area contributed by atoms with Gasteiger partial charge in [-0.25, -0.2) is 9.97 Å². The fourth-order valence-electron chi connectivity index (χ4n) is 2.87. The van der Waals surface area contributed by atoms with Crippen LogP contribution in [0.25, 0.3) is 6.08 Å². The summed E-state index contributed by atoms with van der Waals surface area (Å²) in [5.41, 5.74) is 1.47. The van der Waals surface area contributed by atoms with Crippen LogP contribution in [0.1, 0.15) is 39.0 Å². The van der Waals surface area contributed by atoms with Gasteiger partial charge in [0, 0.05) is 31.0 Å². The third-order valence-corrected chi connectivity index (χ3v) is 4.26. The van der Waals surface area contributed by atoms with Crippen molar-refractivity contribution in [3.63, 3.8) is 0 Å². The van der Waals surface area contributed by atoms with Crippen LogP contribution in [0, 0.1) is 0 Å². The van der Waals surface area contributed by atoms with Crippen molar-refractivity contribution in [1.29, 1.82) is 0 Å². The zero-order valence-corrected chi connectivity index (χ0v) is 16.5. The number of nitrogens with zero attached hydrogens (tertiary/aromatic N) is 2. The van der Waals surface area contributed by atoms with Gasteiger partial charge >= 0.3 is 0 Å². The standard InChI is InChI=1S/C20H22ClN3O3/c1-12(24-13(2)25)5-6-15-10-23-19(11-22-15)26-18-7-14-9-20(3,4)27-17(14)8-16(18)21/h5-8,10-12H,9H2,1-4H3,(H,24,25)/b6-5+/t12-/m0/s1. The van der Waals surface area contributed by atoms with Crippen LogP contribution in [0.4, 0.5) is 0 Å². The van der Waals surface area contributed by atoms with Crippen LogP contribution in [0.3, 0.4) is 0 Å². The maximum absolute atomic E-state index is 11.0. The average molecular weight is 388 g/mol. The molecule has 1 aliphatic heterocycles. The third-order valence-electron chi connectivity index (χ3n) is 3.97. The van der Waals surface area contributed by atoms with Crippen molar-refractivity contribution in [2.75, 3.05) is 0 Å². The van der Waals surface area contributed by atoms with Crippen LogP contribution in [0.2, 0.25) is 5.02 Å². The van der Waals surface area contributed by atoms with Crippen LogP contribution in [-0.4, -0.2) is 27.5 Å². The van der Waals surface area contributed by atoms with Crippen molar-refractivity contribution < 1.29 is 14.3 Å². The van der Waals surface area contributed by atoms with Crippen LogP contribution in [0.5, 0.6) is 17.4 Å². The van der Waals surface area contributed by atoms with E-state index >= 15 is 0 Å². The summed E-state index contributed by atoms with van der Waals surface area (Å²) in [6.45, 7) is 7.43. The highest BCUT2D eigenvalue weighted by molar-refractivity contribution is 6.32. The maximum atomic E-state index is 11.0. The largest absolute Gasteiger partial charge is 0.487 e. The molecule has 3 rings (SSSR count). The van der Waals surface area contributed by atoms with Gasteiger partial charge in [0.1, 0.15) is 17.1 Å². The Bertz CT molecular complexity index is 879. The molecule has 1 aliphatic rings. The molecule has 0 saturated heterocycles. The van der Waals surface area contributed by atoms with E-state index in [-0.39, 0.29) is 17.6 Å². The number of halogens is 1. The second-order valence-corrected chi connectivity index (χ2v) is 7.57. The second-order valence-electron chi connectivity index (χ2n) is 7.16. The SMILES string of the molecule is CC(=O)N[C@@H](C)/C=C/c1cnc(Oc2cc3c(cc2Cl)OC(C)(C)C3)cn1. The van der Waals surface area contributed by atoms with Crippen molar-refractivity contribution in [3.05, 3.63) is 46.9 Å². The number of ether oxygens (including phenoxy) is 2. The number of benzene rings is 1. The fourth-order valence-corrected chi connectivity index (χ4v) is 3.06. The Morgan fingerprint density at radius 1 is 1.37 bits per heavy atom. The van der Waals surface area contributed by atoms with E-state index in [1.54, 1.807) is 18.3 Å². The Kier molecular flexibility index (Phi) is 5.37. The summed E-state index contributed by atoms with van der Waals surface area (Å²) in [5, 5.41) is 3.23. The number of fused-ring (bicyclic) bond motifs is 1. The predicted octanol–water partition coefficient (Wildman–Crippen LogP) is 4.17. The molecule has 2 aromatic rings. The molecule has 1 atom stereocenters. The second kappa shape index (κ2) is 7.56. The van der Waals surface area contributed by atoms with Crippen molar-refractivity contribution in [2.24, 2.45) is 0 Å². The Morgan fingerprint density at radius 3 is 2.81 bits per heavy atom. The first-order valence-electron chi connectivity index (χ1n) is 8.68. The van der Waals surface area contributed by atoms with Gasteiger partial charge in [-0.15, -0.1) is 0 Å². The minimum Gasteiger partial charge on any atom is -0.487 e. The van der Waals surface area contributed by atoms with E-state index in [0.717, 1.165) is 17.7 Å². The Balaban J connectivity index is 1.69. The molecule has 1 N–H and O–H groups in total. The molecule has 0 spiro atoms. The molecule has 0 bridgehead atoms. The highest BCUT2D eigenvalue weighted by atomic mass is 35.5. The number of aromatic nitrogens is 2. The molecular formula is C20H22ClN3O3. The average Bonchev–Trinajstić information content (AvgIpc) is 2.87. The summed E-state index contributed by atoms with van der Waals surface area (Å²) >= 11 is 6.31. The highest BCUT2D eigenvalue weighted by Gasteiger charge is 2.31. The van der Waals surface area contributed by atoms with E-state index in [4.69, 9.17) is 21.1 Å². The Labute approximate surface area is 163 Å². The van der Waals surface area contributed by atoms with Crippen molar-refractivity contribution in [2.45, 2.75) is 45.8 Å². The quantitative estimate of drug-likeness (QED) is 0.833. The van der Waals surface area contributed by atoms with Gasteiger partial charge in [-0.1, -0.05) is 17.7 Å². The minimum atomic E-state index is -0.244. The number of rotatable bonds is 5. The molecular weight excluding hydrogens is 366 g/mol. The topological polar surface area (TPSA) is 73.3 Å². The van der Waals surface area contributed by atoms with E-state index in [9.17, 15) is 4.79 Å². The molecule has 0 unspecified atom stereocenters. The van der Waals surface area contributed by atoms with Gasteiger partial charge in [0.2, 0.25) is 11.8 Å². The Morgan fingerprint density at radius 2 is 2.15 bits per heavy atom. The van der Waals surface area contributed by atoms with Gasteiger partial charge in [-0.05, 0) is 32.9 Å². The van der Waals surface area contributed by atoms with Gasteiger partial charge in [-0.3, -0.25) is 4.79 Å². The lowest BCUT2D eigenvalue weighted by atomic mass is 10.0. The number of nitrogens with one attached hydrogen (secondary N) is 1. The molecule has 0 saturated carbocycles. The molecule has 1 aromatic heterocycles. The number of amides is 1. The fraction of sp³-hybridized carbons (Fsp3) is 0.350. The van der Waals surface area contributed by atoms with Gasteiger partial charge in [-0.2, -0.15) is 0 Å². The predicted molar refractivity (Wildman–Crippen MR) is 104 cm³/mol. The molecule has 0 aliphatic carbocycles. The molecule has 2 heterocycles. The van der Waals surface area contributed by atoms with E-state index in [0.29, 0.717) is 22.3 Å². The van der Waals surface area contributed by atoms with Crippen LogP contribution in [-0.2, 0) is 11.2 Å². The summed E-state index contributed by atoms with van der Waals surface area (Å²) in [6.07, 6.45) is 7.55. The molecule has 7 heteroatoms. The molecule has 1 aromatic carbocycles. The molecule has 142 valence electrons. The summed E-state index contributed by atoms with van der Waals surface area (Å²) in [7, 11) is 0. The lowest BCUT2D eigenvalue weighted by Crippen LogP contribution is -2.28. The lowest BCUT2D eigenvalue weighted by molar-refractivity contribution is -0.119. The van der Waals surface area contributed by atoms with E-state index in [2.05, 4.69) is 15.3 Å². The van der Waals surface area contributed by atoms with Gasteiger partial charge < -0.3 is 14.8 Å². The van der Waals surface area contributed by atoms with Crippen molar-refractivity contribution in [1.82, 2.24) is 15.3 Å². The summed E-state index contributed by atoms with van der Waals surface area (Å²) in [6, 6.07) is 3.57. The third kappa shape index (κ3) is 4.98. The number of carbonyl (C=O) groups is 1. The summed E-state index contributed by atoms with van der Waals surface area (Å²) in [5.74, 6) is 1.58. The zero-order valence-electron chi connectivity index (χ0n) is 15.7. The molecule has 1 amide bonds. The molecule has 0 fully saturated rings. The minimum absolute atomic E-state index is 0.0815.